The lowest BCUT2D eigenvalue weighted by molar-refractivity contribution is -0.138. The Hall–Kier alpha value is -1.02. The molecule has 12 heteroatoms. The molecule has 20 N–H and O–H groups in total. The average molecular weight is 292 g/mol. The molecule has 0 radical (unpaired) electrons. The predicted octanol–water partition coefficient (Wildman–Crippen LogP) is 2.28. The second kappa shape index (κ2) is 36.0. The third kappa shape index (κ3) is 330. The van der Waals surface area contributed by atoms with Crippen LogP contribution in [0.1, 0.15) is 20.8 Å². The summed E-state index contributed by atoms with van der Waals surface area (Å²) in [6.07, 6.45) is 0. The van der Waals surface area contributed by atoms with E-state index >= 15 is 0 Å². The van der Waals surface area contributed by atoms with Crippen LogP contribution in [0.15, 0.2) is 0 Å². The molecule has 0 fully saturated rings. The number of halogens is 3. The summed E-state index contributed by atoms with van der Waals surface area (Å²) in [5, 5.41) is 0. The van der Waals surface area contributed by atoms with Crippen molar-refractivity contribution in [2.75, 3.05) is 0 Å². The minimum absolute atomic E-state index is 0. The van der Waals surface area contributed by atoms with Gasteiger partial charge in [0, 0.05) is 0 Å². The number of carbonyl (C=O) groups excluding carboxylic acids is 1. The lowest BCUT2D eigenvalue weighted by atomic mass is 10.2. The van der Waals surface area contributed by atoms with Gasteiger partial charge in [0.15, 0.2) is 0 Å². The molecule has 0 atom stereocenters. The van der Waals surface area contributed by atoms with E-state index in [1.165, 1.54) is 0 Å². The Morgan fingerprint density at radius 1 is 0.889 bits per heavy atom. The summed E-state index contributed by atoms with van der Waals surface area (Å²) in [4.78, 5) is 9.60. The van der Waals surface area contributed by atoms with Crippen molar-refractivity contribution in [3.8, 4) is 0 Å². The summed E-state index contributed by atoms with van der Waals surface area (Å²) in [6.45, 7) is 2.25. The zero-order chi connectivity index (χ0) is 9.49. The molecule has 18 heavy (non-hydrogen) atoms. The highest BCUT2D eigenvalue weighted by Gasteiger charge is 2.07. The van der Waals surface area contributed by atoms with Gasteiger partial charge in [-0.1, -0.05) is 0 Å². The van der Waals surface area contributed by atoms with Crippen LogP contribution in [0.4, 0.5) is 13.2 Å². The van der Waals surface area contributed by atoms with Crippen LogP contribution in [0.3, 0.4) is 0 Å². The van der Waals surface area contributed by atoms with Crippen LogP contribution in [-0.2, 0) is 9.53 Å². The van der Waals surface area contributed by atoms with Crippen molar-refractivity contribution in [1.29, 1.82) is 0 Å². The molecule has 9 nitrogen and oxygen atoms in total. The SMILES string of the molecule is CC(C)(C)OC=O.FC(F)F.N.N.N.N.N.N.O. The Labute approximate surface area is 106 Å². The molecule has 0 unspecified atom stereocenters. The molecule has 0 aliphatic carbocycles. The summed E-state index contributed by atoms with van der Waals surface area (Å²) in [6, 6.07) is 0. The molecule has 0 aliphatic heterocycles. The molecule has 0 aromatic heterocycles. The topological polar surface area (TPSA) is 268 Å². The predicted molar refractivity (Wildman–Crippen MR) is 67.8 cm³/mol. The van der Waals surface area contributed by atoms with Crippen LogP contribution in [-0.4, -0.2) is 24.2 Å². The Kier molecular flexibility index (Phi) is 136. The molecular weight excluding hydrogens is 261 g/mol. The van der Waals surface area contributed by atoms with Crippen molar-refractivity contribution in [2.24, 2.45) is 0 Å². The highest BCUT2D eigenvalue weighted by molar-refractivity contribution is 5.37. The molecule has 0 bridgehead atoms. The van der Waals surface area contributed by atoms with Crippen LogP contribution < -0.4 is 36.9 Å². The highest BCUT2D eigenvalue weighted by atomic mass is 19.4. The first kappa shape index (κ1) is 68.1. The van der Waals surface area contributed by atoms with Crippen molar-refractivity contribution in [3.05, 3.63) is 0 Å². The summed E-state index contributed by atoms with van der Waals surface area (Å²) in [5.41, 5.74) is -0.318. The minimum Gasteiger partial charge on any atom is -0.462 e. The number of rotatable bonds is 1. The van der Waals surface area contributed by atoms with Crippen LogP contribution in [0.25, 0.3) is 0 Å². The van der Waals surface area contributed by atoms with Crippen molar-refractivity contribution in [1.82, 2.24) is 36.9 Å². The lowest BCUT2D eigenvalue weighted by Crippen LogP contribution is -2.17. The standard InChI is InChI=1S/C5H10O2.CHF3.6H3N.H2O/c1-5(2,3)7-4-6;2-1(3)4;;;;;;;/h4H,1-3H3;1H;6*1H3;1H2. The van der Waals surface area contributed by atoms with Gasteiger partial charge in [-0.15, -0.1) is 0 Å². The molecular formula is C6H31F3N6O3. The van der Waals surface area contributed by atoms with E-state index in [9.17, 15) is 18.0 Å². The Bertz CT molecular complexity index is 114. The van der Waals surface area contributed by atoms with Gasteiger partial charge in [-0.2, -0.15) is 13.2 Å². The van der Waals surface area contributed by atoms with E-state index in [0.717, 1.165) is 0 Å². The second-order valence-electron chi connectivity index (χ2n) is 2.57. The molecule has 0 aromatic rings. The summed E-state index contributed by atoms with van der Waals surface area (Å²) in [5.74, 6) is 0. The first-order chi connectivity index (χ1) is 4.79. The summed E-state index contributed by atoms with van der Waals surface area (Å²) in [7, 11) is 0. The first-order valence-electron chi connectivity index (χ1n) is 2.83. The fourth-order valence-electron chi connectivity index (χ4n) is 0.144. The van der Waals surface area contributed by atoms with Gasteiger partial charge in [-0.3, -0.25) is 4.79 Å². The van der Waals surface area contributed by atoms with E-state index in [1.807, 2.05) is 20.8 Å². The van der Waals surface area contributed by atoms with Crippen molar-refractivity contribution >= 4 is 6.47 Å². The third-order valence-corrected chi connectivity index (χ3v) is 0.402. The number of hydrogen-bond donors (Lipinski definition) is 6. The molecule has 0 aromatic carbocycles. The molecule has 0 aliphatic rings. The smallest absolute Gasteiger partial charge is 0.379 e. The van der Waals surface area contributed by atoms with E-state index in [2.05, 4.69) is 4.74 Å². The Balaban J connectivity index is -0.00000000977. The van der Waals surface area contributed by atoms with Gasteiger partial charge in [0.05, 0.1) is 0 Å². The maximum Gasteiger partial charge on any atom is 0.379 e. The van der Waals surface area contributed by atoms with E-state index < -0.39 is 6.68 Å². The Morgan fingerprint density at radius 2 is 1.06 bits per heavy atom. The highest BCUT2D eigenvalue weighted by Crippen LogP contribution is 2.02. The Morgan fingerprint density at radius 3 is 1.06 bits per heavy atom. The van der Waals surface area contributed by atoms with Crippen LogP contribution in [0, 0.1) is 0 Å². The molecule has 0 rings (SSSR count). The molecule has 124 valence electrons. The molecule has 0 spiro atoms. The number of ether oxygens (including phenoxy) is 1. The maximum atomic E-state index is 9.67. The van der Waals surface area contributed by atoms with Gasteiger partial charge in [-0.05, 0) is 20.8 Å². The number of hydrogen-bond acceptors (Lipinski definition) is 8. The van der Waals surface area contributed by atoms with Gasteiger partial charge in [-0.25, -0.2) is 0 Å². The van der Waals surface area contributed by atoms with Gasteiger partial charge >= 0.3 is 6.68 Å². The van der Waals surface area contributed by atoms with Crippen LogP contribution in [0.2, 0.25) is 0 Å². The van der Waals surface area contributed by atoms with Crippen LogP contribution >= 0.6 is 0 Å². The lowest BCUT2D eigenvalue weighted by Gasteiger charge is -2.14. The van der Waals surface area contributed by atoms with Crippen molar-refractivity contribution in [3.63, 3.8) is 0 Å². The normalized spacial score (nSPS) is 6.17. The molecule has 0 saturated carbocycles. The molecule has 0 saturated heterocycles. The maximum absolute atomic E-state index is 9.67. The van der Waals surface area contributed by atoms with Gasteiger partial charge < -0.3 is 47.1 Å². The van der Waals surface area contributed by atoms with Gasteiger partial charge in [0.1, 0.15) is 5.60 Å². The quantitative estimate of drug-likeness (QED) is 0.388. The van der Waals surface area contributed by atoms with Gasteiger partial charge in [0.2, 0.25) is 0 Å². The van der Waals surface area contributed by atoms with Crippen molar-refractivity contribution < 1.29 is 28.2 Å². The van der Waals surface area contributed by atoms with E-state index in [1.54, 1.807) is 0 Å². The number of carbonyl (C=O) groups is 1. The molecule has 0 heterocycles. The summed E-state index contributed by atoms with van der Waals surface area (Å²) < 4.78 is 33.5. The largest absolute Gasteiger partial charge is 0.462 e. The minimum atomic E-state index is -3.67. The second-order valence-corrected chi connectivity index (χ2v) is 2.57. The monoisotopic (exact) mass is 292 g/mol. The fraction of sp³-hybridized carbons (Fsp3) is 0.833. The van der Waals surface area contributed by atoms with Crippen molar-refractivity contribution in [2.45, 2.75) is 33.1 Å². The fourth-order valence-corrected chi connectivity index (χ4v) is 0.144. The zero-order valence-corrected chi connectivity index (χ0v) is 11.3. The first-order valence-corrected chi connectivity index (χ1v) is 2.83. The number of alkyl halides is 3. The molecule has 0 amide bonds. The summed E-state index contributed by atoms with van der Waals surface area (Å²) >= 11 is 0. The van der Waals surface area contributed by atoms with E-state index in [0.29, 0.717) is 6.47 Å². The van der Waals surface area contributed by atoms with Gasteiger partial charge in [0.25, 0.3) is 6.47 Å². The third-order valence-electron chi connectivity index (χ3n) is 0.402. The average Bonchev–Trinajstić information content (AvgIpc) is 1.58. The zero-order valence-electron chi connectivity index (χ0n) is 11.3. The van der Waals surface area contributed by atoms with E-state index in [4.69, 9.17) is 0 Å². The van der Waals surface area contributed by atoms with E-state index in [-0.39, 0.29) is 48.0 Å². The van der Waals surface area contributed by atoms with Crippen LogP contribution in [0.5, 0.6) is 0 Å².